The molecule has 0 saturated carbocycles. The Balaban J connectivity index is 1.52. The van der Waals surface area contributed by atoms with E-state index >= 15 is 0 Å². The van der Waals surface area contributed by atoms with Crippen molar-refractivity contribution in [2.45, 2.75) is 30.7 Å². The molecule has 24 heavy (non-hydrogen) atoms. The fourth-order valence-corrected chi connectivity index (χ4v) is 4.03. The van der Waals surface area contributed by atoms with E-state index in [0.29, 0.717) is 25.2 Å². The third kappa shape index (κ3) is 2.48. The normalized spacial score (nSPS) is 22.6. The van der Waals surface area contributed by atoms with Crippen molar-refractivity contribution in [1.82, 2.24) is 20.2 Å². The van der Waals surface area contributed by atoms with Crippen molar-refractivity contribution in [2.24, 2.45) is 0 Å². The molecule has 1 spiro atoms. The Morgan fingerprint density at radius 3 is 2.75 bits per heavy atom. The average molecular weight is 324 g/mol. The highest BCUT2D eigenvalue weighted by molar-refractivity contribution is 5.92. The van der Waals surface area contributed by atoms with Gasteiger partial charge < -0.3 is 15.2 Å². The fraction of sp³-hybridized carbons (Fsp3) is 0.389. The highest BCUT2D eigenvalue weighted by atomic mass is 16.2. The van der Waals surface area contributed by atoms with Crippen molar-refractivity contribution >= 4 is 11.8 Å². The summed E-state index contributed by atoms with van der Waals surface area (Å²) in [6.07, 6.45) is 7.39. The Hall–Kier alpha value is -2.63. The van der Waals surface area contributed by atoms with Crippen LogP contribution in [0.15, 0.2) is 42.9 Å². The zero-order valence-electron chi connectivity index (χ0n) is 13.4. The lowest BCUT2D eigenvalue weighted by atomic mass is 9.74. The van der Waals surface area contributed by atoms with Crippen LogP contribution in [0.25, 0.3) is 0 Å². The molecular weight excluding hydrogens is 304 g/mol. The number of aromatic nitrogens is 2. The standard InChI is InChI=1S/C18H20N4O2/c23-16-11-14(13-3-1-7-19-12-13)18(21-16)5-9-22(10-6-18)17(24)15-4-2-8-20-15/h1-4,7-8,12,14,20H,5-6,9-11H2,(H,21,23)/t14-/m0/s1. The Bertz CT molecular complexity index is 734. The molecule has 2 amide bonds. The Kier molecular flexibility index (Phi) is 3.59. The number of amides is 2. The predicted octanol–water partition coefficient (Wildman–Crippen LogP) is 1.69. The zero-order chi connectivity index (χ0) is 16.6. The second-order valence-corrected chi connectivity index (χ2v) is 6.62. The molecule has 2 aromatic rings. The fourth-order valence-electron chi connectivity index (χ4n) is 4.03. The maximum atomic E-state index is 12.5. The summed E-state index contributed by atoms with van der Waals surface area (Å²) in [5.74, 6) is 0.242. The number of carbonyl (C=O) groups excluding carboxylic acids is 2. The van der Waals surface area contributed by atoms with Crippen LogP contribution >= 0.6 is 0 Å². The maximum Gasteiger partial charge on any atom is 0.270 e. The molecule has 124 valence electrons. The van der Waals surface area contributed by atoms with Gasteiger partial charge in [-0.3, -0.25) is 14.6 Å². The van der Waals surface area contributed by atoms with Crippen LogP contribution in [0.5, 0.6) is 0 Å². The van der Waals surface area contributed by atoms with E-state index in [1.807, 2.05) is 29.3 Å². The summed E-state index contributed by atoms with van der Waals surface area (Å²) in [5.41, 5.74) is 1.46. The van der Waals surface area contributed by atoms with E-state index in [1.54, 1.807) is 18.5 Å². The first-order chi connectivity index (χ1) is 11.7. The van der Waals surface area contributed by atoms with Crippen LogP contribution in [0, 0.1) is 0 Å². The predicted molar refractivity (Wildman–Crippen MR) is 88.4 cm³/mol. The lowest BCUT2D eigenvalue weighted by Crippen LogP contribution is -2.54. The van der Waals surface area contributed by atoms with Gasteiger partial charge >= 0.3 is 0 Å². The number of carbonyl (C=O) groups is 2. The number of likely N-dealkylation sites (tertiary alicyclic amines) is 1. The van der Waals surface area contributed by atoms with Gasteiger partial charge in [0.15, 0.2) is 0 Å². The first kappa shape index (κ1) is 14.9. The lowest BCUT2D eigenvalue weighted by Gasteiger charge is -2.42. The second kappa shape index (κ2) is 5.78. The molecular formula is C18H20N4O2. The number of H-pyrrole nitrogens is 1. The number of pyridine rings is 1. The van der Waals surface area contributed by atoms with E-state index in [4.69, 9.17) is 0 Å². The van der Waals surface area contributed by atoms with Gasteiger partial charge in [0.05, 0.1) is 5.54 Å². The minimum Gasteiger partial charge on any atom is -0.357 e. The van der Waals surface area contributed by atoms with Crippen LogP contribution in [0.4, 0.5) is 0 Å². The molecule has 2 aliphatic rings. The van der Waals surface area contributed by atoms with Gasteiger partial charge in [0, 0.05) is 44.0 Å². The van der Waals surface area contributed by atoms with E-state index in [0.717, 1.165) is 18.4 Å². The number of nitrogens with zero attached hydrogens (tertiary/aromatic N) is 2. The van der Waals surface area contributed by atoms with Crippen molar-refractivity contribution < 1.29 is 9.59 Å². The minimum atomic E-state index is -0.257. The van der Waals surface area contributed by atoms with E-state index in [-0.39, 0.29) is 23.3 Å². The van der Waals surface area contributed by atoms with Gasteiger partial charge in [0.2, 0.25) is 5.91 Å². The number of hydrogen-bond donors (Lipinski definition) is 2. The second-order valence-electron chi connectivity index (χ2n) is 6.62. The number of piperidine rings is 1. The van der Waals surface area contributed by atoms with Crippen LogP contribution in [0.3, 0.4) is 0 Å². The molecule has 0 unspecified atom stereocenters. The molecule has 0 bridgehead atoms. The summed E-state index contributed by atoms with van der Waals surface area (Å²) in [7, 11) is 0. The summed E-state index contributed by atoms with van der Waals surface area (Å²) in [5, 5.41) is 3.20. The summed E-state index contributed by atoms with van der Waals surface area (Å²) in [6, 6.07) is 7.57. The summed E-state index contributed by atoms with van der Waals surface area (Å²) in [4.78, 5) is 33.6. The number of nitrogens with one attached hydrogen (secondary N) is 2. The third-order valence-corrected chi connectivity index (χ3v) is 5.30. The SMILES string of the molecule is O=C1C[C@@H](c2cccnc2)C2(CCN(C(=O)c3ccc[nH]3)CC2)N1. The molecule has 2 fully saturated rings. The first-order valence-electron chi connectivity index (χ1n) is 8.32. The van der Waals surface area contributed by atoms with E-state index in [2.05, 4.69) is 15.3 Å². The van der Waals surface area contributed by atoms with Crippen molar-refractivity contribution in [3.8, 4) is 0 Å². The molecule has 2 aliphatic heterocycles. The van der Waals surface area contributed by atoms with Crippen molar-refractivity contribution in [2.75, 3.05) is 13.1 Å². The van der Waals surface area contributed by atoms with Crippen molar-refractivity contribution in [3.05, 3.63) is 54.1 Å². The lowest BCUT2D eigenvalue weighted by molar-refractivity contribution is -0.120. The molecule has 1 atom stereocenters. The molecule has 6 nitrogen and oxygen atoms in total. The van der Waals surface area contributed by atoms with Crippen LogP contribution in [0.1, 0.15) is 41.2 Å². The highest BCUT2D eigenvalue weighted by Gasteiger charge is 2.49. The van der Waals surface area contributed by atoms with Gasteiger partial charge in [-0.05, 0) is 36.6 Å². The summed E-state index contributed by atoms with van der Waals surface area (Å²) in [6.45, 7) is 1.30. The summed E-state index contributed by atoms with van der Waals surface area (Å²) < 4.78 is 0. The van der Waals surface area contributed by atoms with Gasteiger partial charge in [0.1, 0.15) is 5.69 Å². The van der Waals surface area contributed by atoms with Crippen molar-refractivity contribution in [1.29, 1.82) is 0 Å². The smallest absolute Gasteiger partial charge is 0.270 e. The topological polar surface area (TPSA) is 78.1 Å². The van der Waals surface area contributed by atoms with Gasteiger partial charge in [-0.25, -0.2) is 0 Å². The molecule has 2 N–H and O–H groups in total. The van der Waals surface area contributed by atoms with Crippen LogP contribution in [0.2, 0.25) is 0 Å². The molecule has 2 aromatic heterocycles. The Morgan fingerprint density at radius 1 is 1.25 bits per heavy atom. The van der Waals surface area contributed by atoms with Crippen LogP contribution < -0.4 is 5.32 Å². The highest BCUT2D eigenvalue weighted by Crippen LogP contribution is 2.42. The molecule has 2 saturated heterocycles. The average Bonchev–Trinajstić information content (AvgIpc) is 3.24. The molecule has 0 radical (unpaired) electrons. The number of hydrogen-bond acceptors (Lipinski definition) is 3. The Labute approximate surface area is 140 Å². The summed E-state index contributed by atoms with van der Waals surface area (Å²) >= 11 is 0. The monoisotopic (exact) mass is 324 g/mol. The van der Waals surface area contributed by atoms with Gasteiger partial charge in [-0.15, -0.1) is 0 Å². The zero-order valence-corrected chi connectivity index (χ0v) is 13.4. The Morgan fingerprint density at radius 2 is 2.08 bits per heavy atom. The first-order valence-corrected chi connectivity index (χ1v) is 8.32. The van der Waals surface area contributed by atoms with E-state index < -0.39 is 0 Å². The van der Waals surface area contributed by atoms with Gasteiger partial charge in [-0.1, -0.05) is 6.07 Å². The largest absolute Gasteiger partial charge is 0.357 e. The number of aromatic amines is 1. The van der Waals surface area contributed by atoms with Gasteiger partial charge in [-0.2, -0.15) is 0 Å². The molecule has 4 heterocycles. The number of rotatable bonds is 2. The molecule has 0 aliphatic carbocycles. The van der Waals surface area contributed by atoms with E-state index in [1.165, 1.54) is 0 Å². The minimum absolute atomic E-state index is 0.0251. The quantitative estimate of drug-likeness (QED) is 0.882. The third-order valence-electron chi connectivity index (χ3n) is 5.30. The van der Waals surface area contributed by atoms with Crippen molar-refractivity contribution in [3.63, 3.8) is 0 Å². The van der Waals surface area contributed by atoms with E-state index in [9.17, 15) is 9.59 Å². The molecule has 6 heteroatoms. The molecule has 4 rings (SSSR count). The van der Waals surface area contributed by atoms with Gasteiger partial charge in [0.25, 0.3) is 5.91 Å². The van der Waals surface area contributed by atoms with Crippen LogP contribution in [-0.4, -0.2) is 45.3 Å². The maximum absolute atomic E-state index is 12.5. The molecule has 0 aromatic carbocycles. The van der Waals surface area contributed by atoms with Crippen LogP contribution in [-0.2, 0) is 4.79 Å².